The van der Waals surface area contributed by atoms with Crippen LogP contribution in [0, 0.1) is 0 Å². The lowest BCUT2D eigenvalue weighted by molar-refractivity contribution is -0.146. The zero-order valence-electron chi connectivity index (χ0n) is 10.6. The normalized spacial score (nSPS) is 18.4. The summed E-state index contributed by atoms with van der Waals surface area (Å²) in [6.45, 7) is 0. The van der Waals surface area contributed by atoms with E-state index in [0.717, 1.165) is 16.8 Å². The van der Waals surface area contributed by atoms with Gasteiger partial charge in [-0.2, -0.15) is 0 Å². The standard InChI is InChI=1S/C16H12ClNO2/c17-13-8-6-12(7-9-13)15-10-14(16(19)20-18-15)11-4-2-1-3-5-11/h1-9,14H,10H2. The van der Waals surface area contributed by atoms with Crippen molar-refractivity contribution in [2.24, 2.45) is 5.16 Å². The van der Waals surface area contributed by atoms with Crippen molar-refractivity contribution in [3.05, 3.63) is 70.7 Å². The summed E-state index contributed by atoms with van der Waals surface area (Å²) in [5.41, 5.74) is 2.62. The highest BCUT2D eigenvalue weighted by atomic mass is 35.5. The number of hydrogen-bond donors (Lipinski definition) is 0. The van der Waals surface area contributed by atoms with Gasteiger partial charge in [0.1, 0.15) is 0 Å². The van der Waals surface area contributed by atoms with E-state index in [-0.39, 0.29) is 11.9 Å². The van der Waals surface area contributed by atoms with Gasteiger partial charge in [-0.25, -0.2) is 4.79 Å². The van der Waals surface area contributed by atoms with Gasteiger partial charge in [-0.15, -0.1) is 0 Å². The molecule has 3 nitrogen and oxygen atoms in total. The molecule has 0 N–H and O–H groups in total. The Morgan fingerprint density at radius 1 is 1.05 bits per heavy atom. The average molecular weight is 286 g/mol. The number of carbonyl (C=O) groups excluding carboxylic acids is 1. The van der Waals surface area contributed by atoms with Gasteiger partial charge in [0, 0.05) is 11.4 Å². The van der Waals surface area contributed by atoms with E-state index < -0.39 is 0 Å². The molecule has 0 radical (unpaired) electrons. The number of benzene rings is 2. The Kier molecular flexibility index (Phi) is 3.52. The highest BCUT2D eigenvalue weighted by molar-refractivity contribution is 6.30. The van der Waals surface area contributed by atoms with Crippen molar-refractivity contribution in [1.82, 2.24) is 0 Å². The van der Waals surface area contributed by atoms with Crippen LogP contribution in [-0.2, 0) is 9.63 Å². The number of carbonyl (C=O) groups is 1. The molecule has 4 heteroatoms. The van der Waals surface area contributed by atoms with Crippen LogP contribution in [0.15, 0.2) is 59.8 Å². The molecule has 1 unspecified atom stereocenters. The molecule has 0 amide bonds. The van der Waals surface area contributed by atoms with Crippen LogP contribution >= 0.6 is 11.6 Å². The van der Waals surface area contributed by atoms with Crippen molar-refractivity contribution < 1.29 is 9.63 Å². The number of nitrogens with zero attached hydrogens (tertiary/aromatic N) is 1. The van der Waals surface area contributed by atoms with Gasteiger partial charge in [-0.05, 0) is 23.3 Å². The Bertz CT molecular complexity index is 650. The molecular formula is C16H12ClNO2. The molecule has 1 aliphatic heterocycles. The average Bonchev–Trinajstić information content (AvgIpc) is 2.50. The number of oxime groups is 1. The van der Waals surface area contributed by atoms with E-state index in [1.54, 1.807) is 12.1 Å². The summed E-state index contributed by atoms with van der Waals surface area (Å²) in [6, 6.07) is 17.0. The summed E-state index contributed by atoms with van der Waals surface area (Å²) >= 11 is 5.87. The second-order valence-corrected chi connectivity index (χ2v) is 5.06. The Hall–Kier alpha value is -2.13. The predicted molar refractivity (Wildman–Crippen MR) is 77.9 cm³/mol. The topological polar surface area (TPSA) is 38.7 Å². The largest absolute Gasteiger partial charge is 0.342 e. The van der Waals surface area contributed by atoms with Crippen LogP contribution < -0.4 is 0 Å². The number of rotatable bonds is 2. The second-order valence-electron chi connectivity index (χ2n) is 4.62. The lowest BCUT2D eigenvalue weighted by atomic mass is 9.90. The van der Waals surface area contributed by atoms with Crippen molar-refractivity contribution in [3.8, 4) is 0 Å². The van der Waals surface area contributed by atoms with Crippen molar-refractivity contribution >= 4 is 23.3 Å². The zero-order chi connectivity index (χ0) is 13.9. The van der Waals surface area contributed by atoms with Crippen LogP contribution in [-0.4, -0.2) is 11.7 Å². The van der Waals surface area contributed by atoms with Crippen molar-refractivity contribution in [2.45, 2.75) is 12.3 Å². The first kappa shape index (κ1) is 12.9. The van der Waals surface area contributed by atoms with Gasteiger partial charge in [-0.1, -0.05) is 59.2 Å². The molecule has 2 aromatic rings. The molecule has 1 atom stereocenters. The lowest BCUT2D eigenvalue weighted by Crippen LogP contribution is -2.23. The summed E-state index contributed by atoms with van der Waals surface area (Å²) in [6.07, 6.45) is 0.532. The molecule has 1 heterocycles. The highest BCUT2D eigenvalue weighted by Gasteiger charge is 2.29. The van der Waals surface area contributed by atoms with E-state index in [1.807, 2.05) is 42.5 Å². The van der Waals surface area contributed by atoms with Crippen LogP contribution in [0.4, 0.5) is 0 Å². The maximum atomic E-state index is 11.9. The van der Waals surface area contributed by atoms with Gasteiger partial charge >= 0.3 is 5.97 Å². The predicted octanol–water partition coefficient (Wildman–Crippen LogP) is 3.77. The molecule has 1 aliphatic rings. The molecule has 0 aliphatic carbocycles. The van der Waals surface area contributed by atoms with E-state index in [4.69, 9.17) is 16.4 Å². The third kappa shape index (κ3) is 2.58. The van der Waals surface area contributed by atoms with Crippen LogP contribution in [0.3, 0.4) is 0 Å². The first-order valence-electron chi connectivity index (χ1n) is 6.32. The molecule has 0 saturated carbocycles. The smallest absolute Gasteiger partial charge is 0.317 e. The minimum atomic E-state index is -0.311. The third-order valence-electron chi connectivity index (χ3n) is 3.31. The fraction of sp³-hybridized carbons (Fsp3) is 0.125. The Balaban J connectivity index is 1.89. The van der Waals surface area contributed by atoms with E-state index in [2.05, 4.69) is 5.16 Å². The molecule has 0 bridgehead atoms. The van der Waals surface area contributed by atoms with Gasteiger partial charge < -0.3 is 4.84 Å². The SMILES string of the molecule is O=C1ON=C(c2ccc(Cl)cc2)CC1c1ccccc1. The van der Waals surface area contributed by atoms with Crippen LogP contribution in [0.25, 0.3) is 0 Å². The fourth-order valence-electron chi connectivity index (χ4n) is 2.23. The quantitative estimate of drug-likeness (QED) is 0.788. The minimum absolute atomic E-state index is 0.306. The van der Waals surface area contributed by atoms with E-state index in [0.29, 0.717) is 11.4 Å². The van der Waals surface area contributed by atoms with Crippen LogP contribution in [0.5, 0.6) is 0 Å². The lowest BCUT2D eigenvalue weighted by Gasteiger charge is -2.20. The van der Waals surface area contributed by atoms with Crippen molar-refractivity contribution in [3.63, 3.8) is 0 Å². The van der Waals surface area contributed by atoms with E-state index >= 15 is 0 Å². The van der Waals surface area contributed by atoms with Crippen molar-refractivity contribution in [1.29, 1.82) is 0 Å². The summed E-state index contributed by atoms with van der Waals surface area (Å²) in [5, 5.41) is 4.58. The molecule has 3 rings (SSSR count). The fourth-order valence-corrected chi connectivity index (χ4v) is 2.36. The van der Waals surface area contributed by atoms with Gasteiger partial charge in [0.05, 0.1) is 11.6 Å². The zero-order valence-corrected chi connectivity index (χ0v) is 11.4. The molecule has 0 aromatic heterocycles. The maximum Gasteiger partial charge on any atom is 0.342 e. The molecule has 0 fully saturated rings. The van der Waals surface area contributed by atoms with E-state index in [9.17, 15) is 4.79 Å². The molecule has 100 valence electrons. The minimum Gasteiger partial charge on any atom is -0.317 e. The Morgan fingerprint density at radius 2 is 1.75 bits per heavy atom. The molecule has 0 spiro atoms. The van der Waals surface area contributed by atoms with Crippen LogP contribution in [0.1, 0.15) is 23.5 Å². The molecule has 20 heavy (non-hydrogen) atoms. The number of hydrogen-bond acceptors (Lipinski definition) is 3. The third-order valence-corrected chi connectivity index (χ3v) is 3.56. The molecule has 0 saturated heterocycles. The summed E-state index contributed by atoms with van der Waals surface area (Å²) < 4.78 is 0. The van der Waals surface area contributed by atoms with Gasteiger partial charge in [0.15, 0.2) is 0 Å². The van der Waals surface area contributed by atoms with Crippen molar-refractivity contribution in [2.75, 3.05) is 0 Å². The summed E-state index contributed by atoms with van der Waals surface area (Å²) in [5.74, 6) is -0.617. The first-order valence-corrected chi connectivity index (χ1v) is 6.70. The number of halogens is 1. The van der Waals surface area contributed by atoms with Gasteiger partial charge in [-0.3, -0.25) is 0 Å². The highest BCUT2D eigenvalue weighted by Crippen LogP contribution is 2.27. The van der Waals surface area contributed by atoms with Gasteiger partial charge in [0.25, 0.3) is 0 Å². The second kappa shape index (κ2) is 5.47. The van der Waals surface area contributed by atoms with Gasteiger partial charge in [0.2, 0.25) is 0 Å². The van der Waals surface area contributed by atoms with Crippen LogP contribution in [0.2, 0.25) is 5.02 Å². The molecule has 2 aromatic carbocycles. The Labute approximate surface area is 121 Å². The first-order chi connectivity index (χ1) is 9.74. The monoisotopic (exact) mass is 285 g/mol. The Morgan fingerprint density at radius 3 is 2.45 bits per heavy atom. The maximum absolute atomic E-state index is 11.9. The summed E-state index contributed by atoms with van der Waals surface area (Å²) in [7, 11) is 0. The molecular weight excluding hydrogens is 274 g/mol. The summed E-state index contributed by atoms with van der Waals surface area (Å²) in [4.78, 5) is 16.8. The van der Waals surface area contributed by atoms with E-state index in [1.165, 1.54) is 0 Å².